The topological polar surface area (TPSA) is 58.5 Å². The first-order chi connectivity index (χ1) is 12.2. The Morgan fingerprint density at radius 3 is 2.84 bits per heavy atom. The number of nitrogens with one attached hydrogen (secondary N) is 2. The number of aromatic nitrogens is 1. The number of aryl methyl sites for hydroxylation is 1. The van der Waals surface area contributed by atoms with Crippen molar-refractivity contribution in [2.24, 2.45) is 4.99 Å². The molecule has 0 unspecified atom stereocenters. The number of methoxy groups -OCH3 is 1. The van der Waals surface area contributed by atoms with E-state index in [2.05, 4.69) is 46.6 Å². The molecule has 0 saturated heterocycles. The third kappa shape index (κ3) is 6.74. The van der Waals surface area contributed by atoms with E-state index in [1.54, 1.807) is 18.4 Å². The second kappa shape index (κ2) is 10.7. The van der Waals surface area contributed by atoms with Crippen molar-refractivity contribution in [2.45, 2.75) is 33.1 Å². The van der Waals surface area contributed by atoms with Crippen LogP contribution in [0.3, 0.4) is 0 Å². The molecule has 0 saturated carbocycles. The Balaban J connectivity index is 1.80. The molecule has 0 aliphatic carbocycles. The van der Waals surface area contributed by atoms with Gasteiger partial charge in [-0.15, -0.1) is 11.3 Å². The van der Waals surface area contributed by atoms with Crippen molar-refractivity contribution >= 4 is 17.3 Å². The molecule has 0 spiro atoms. The van der Waals surface area contributed by atoms with Crippen molar-refractivity contribution in [2.75, 3.05) is 26.7 Å². The molecule has 6 heteroatoms. The SMILES string of the molecule is CCNC(=NCCc1ncc(CC)s1)NCCc1cccc(OC)c1. The van der Waals surface area contributed by atoms with Crippen LogP contribution in [0.5, 0.6) is 5.75 Å². The molecular formula is C19H28N4OS. The fraction of sp³-hybridized carbons (Fsp3) is 0.474. The smallest absolute Gasteiger partial charge is 0.191 e. The average molecular weight is 361 g/mol. The molecule has 0 bridgehead atoms. The van der Waals surface area contributed by atoms with Gasteiger partial charge in [-0.25, -0.2) is 4.98 Å². The predicted molar refractivity (Wildman–Crippen MR) is 106 cm³/mol. The van der Waals surface area contributed by atoms with Crippen LogP contribution in [-0.2, 0) is 19.3 Å². The fourth-order valence-electron chi connectivity index (χ4n) is 2.39. The van der Waals surface area contributed by atoms with E-state index in [9.17, 15) is 0 Å². The molecule has 2 rings (SSSR count). The number of benzene rings is 1. The number of thiazole rings is 1. The van der Waals surface area contributed by atoms with Crippen LogP contribution in [0.4, 0.5) is 0 Å². The second-order valence-electron chi connectivity index (χ2n) is 5.61. The fourth-order valence-corrected chi connectivity index (χ4v) is 3.24. The number of guanidine groups is 1. The highest BCUT2D eigenvalue weighted by molar-refractivity contribution is 7.11. The predicted octanol–water partition coefficient (Wildman–Crippen LogP) is 3.05. The molecule has 0 amide bonds. The summed E-state index contributed by atoms with van der Waals surface area (Å²) in [4.78, 5) is 10.4. The zero-order valence-corrected chi connectivity index (χ0v) is 16.2. The largest absolute Gasteiger partial charge is 0.497 e. The van der Waals surface area contributed by atoms with Crippen LogP contribution < -0.4 is 15.4 Å². The molecule has 0 aliphatic rings. The molecule has 25 heavy (non-hydrogen) atoms. The summed E-state index contributed by atoms with van der Waals surface area (Å²) < 4.78 is 5.26. The van der Waals surface area contributed by atoms with Crippen molar-refractivity contribution in [3.63, 3.8) is 0 Å². The third-order valence-corrected chi connectivity index (χ3v) is 4.93. The molecule has 1 aromatic carbocycles. The standard InChI is InChI=1S/C19H28N4OS/c1-4-17-14-23-18(25-17)10-12-22-19(20-5-2)21-11-9-15-7-6-8-16(13-15)24-3/h6-8,13-14H,4-5,9-12H2,1-3H3,(H2,20,21,22). The van der Waals surface area contributed by atoms with Crippen LogP contribution in [0.25, 0.3) is 0 Å². The number of nitrogens with zero attached hydrogens (tertiary/aromatic N) is 2. The van der Waals surface area contributed by atoms with E-state index < -0.39 is 0 Å². The molecule has 2 N–H and O–H groups in total. The number of hydrogen-bond donors (Lipinski definition) is 2. The van der Waals surface area contributed by atoms with Gasteiger partial charge in [0.25, 0.3) is 0 Å². The lowest BCUT2D eigenvalue weighted by Crippen LogP contribution is -2.38. The average Bonchev–Trinajstić information content (AvgIpc) is 3.10. The Labute approximate surface area is 154 Å². The van der Waals surface area contributed by atoms with E-state index in [-0.39, 0.29) is 0 Å². The summed E-state index contributed by atoms with van der Waals surface area (Å²) in [6, 6.07) is 8.17. The van der Waals surface area contributed by atoms with Crippen LogP contribution in [0.1, 0.15) is 29.3 Å². The van der Waals surface area contributed by atoms with Gasteiger partial charge in [-0.2, -0.15) is 0 Å². The third-order valence-electron chi connectivity index (χ3n) is 3.73. The number of hydrogen-bond acceptors (Lipinski definition) is 4. The van der Waals surface area contributed by atoms with Crippen molar-refractivity contribution < 1.29 is 4.74 Å². The summed E-state index contributed by atoms with van der Waals surface area (Å²) in [7, 11) is 1.69. The van der Waals surface area contributed by atoms with Gasteiger partial charge in [-0.3, -0.25) is 4.99 Å². The van der Waals surface area contributed by atoms with Crippen molar-refractivity contribution in [1.29, 1.82) is 0 Å². The lowest BCUT2D eigenvalue weighted by molar-refractivity contribution is 0.414. The molecule has 5 nitrogen and oxygen atoms in total. The highest BCUT2D eigenvalue weighted by atomic mass is 32.1. The van der Waals surface area contributed by atoms with Gasteiger partial charge < -0.3 is 15.4 Å². The Bertz CT molecular complexity index is 669. The quantitative estimate of drug-likeness (QED) is 0.533. The molecule has 1 heterocycles. The maximum atomic E-state index is 5.26. The van der Waals surface area contributed by atoms with E-state index in [0.29, 0.717) is 0 Å². The van der Waals surface area contributed by atoms with Crippen LogP contribution in [0, 0.1) is 0 Å². The lowest BCUT2D eigenvalue weighted by atomic mass is 10.1. The Hall–Kier alpha value is -2.08. The maximum Gasteiger partial charge on any atom is 0.191 e. The second-order valence-corrected chi connectivity index (χ2v) is 6.81. The molecular weight excluding hydrogens is 332 g/mol. The van der Waals surface area contributed by atoms with Crippen LogP contribution in [-0.4, -0.2) is 37.7 Å². The summed E-state index contributed by atoms with van der Waals surface area (Å²) in [6.45, 7) is 6.65. The summed E-state index contributed by atoms with van der Waals surface area (Å²) in [6.07, 6.45) is 4.84. The van der Waals surface area contributed by atoms with Gasteiger partial charge in [0, 0.05) is 37.1 Å². The molecule has 136 valence electrons. The van der Waals surface area contributed by atoms with Gasteiger partial charge in [0.1, 0.15) is 5.75 Å². The molecule has 0 fully saturated rings. The van der Waals surface area contributed by atoms with E-state index in [1.165, 1.54) is 10.4 Å². The Morgan fingerprint density at radius 1 is 1.24 bits per heavy atom. The molecule has 0 aliphatic heterocycles. The number of aliphatic imine (C=N–C) groups is 1. The van der Waals surface area contributed by atoms with Crippen molar-refractivity contribution in [3.8, 4) is 5.75 Å². The monoisotopic (exact) mass is 360 g/mol. The minimum absolute atomic E-state index is 0.741. The highest BCUT2D eigenvalue weighted by Crippen LogP contribution is 2.14. The van der Waals surface area contributed by atoms with E-state index >= 15 is 0 Å². The number of rotatable bonds is 9. The van der Waals surface area contributed by atoms with Gasteiger partial charge >= 0.3 is 0 Å². The van der Waals surface area contributed by atoms with Gasteiger partial charge in [-0.05, 0) is 37.5 Å². The number of ether oxygens (including phenoxy) is 1. The minimum atomic E-state index is 0.741. The molecule has 0 radical (unpaired) electrons. The maximum absolute atomic E-state index is 5.26. The van der Waals surface area contributed by atoms with E-state index in [0.717, 1.165) is 55.6 Å². The molecule has 2 aromatic rings. The first-order valence-corrected chi connectivity index (χ1v) is 9.65. The molecule has 0 atom stereocenters. The first kappa shape index (κ1) is 19.2. The van der Waals surface area contributed by atoms with Crippen molar-refractivity contribution in [1.82, 2.24) is 15.6 Å². The van der Waals surface area contributed by atoms with Crippen LogP contribution in [0.2, 0.25) is 0 Å². The molecule has 1 aromatic heterocycles. The van der Waals surface area contributed by atoms with Gasteiger partial charge in [-0.1, -0.05) is 19.1 Å². The zero-order valence-electron chi connectivity index (χ0n) is 15.3. The van der Waals surface area contributed by atoms with Gasteiger partial charge in [0.2, 0.25) is 0 Å². The normalized spacial score (nSPS) is 11.4. The van der Waals surface area contributed by atoms with Crippen molar-refractivity contribution in [3.05, 3.63) is 45.9 Å². The van der Waals surface area contributed by atoms with Crippen LogP contribution in [0.15, 0.2) is 35.5 Å². The first-order valence-electron chi connectivity index (χ1n) is 8.83. The van der Waals surface area contributed by atoms with E-state index in [4.69, 9.17) is 4.74 Å². The summed E-state index contributed by atoms with van der Waals surface area (Å²) in [5.41, 5.74) is 1.25. The Morgan fingerprint density at radius 2 is 2.12 bits per heavy atom. The lowest BCUT2D eigenvalue weighted by Gasteiger charge is -2.11. The highest BCUT2D eigenvalue weighted by Gasteiger charge is 2.02. The van der Waals surface area contributed by atoms with Crippen LogP contribution >= 0.6 is 11.3 Å². The minimum Gasteiger partial charge on any atom is -0.497 e. The van der Waals surface area contributed by atoms with Gasteiger partial charge in [0.15, 0.2) is 5.96 Å². The van der Waals surface area contributed by atoms with E-state index in [1.807, 2.05) is 18.3 Å². The summed E-state index contributed by atoms with van der Waals surface area (Å²) in [5.74, 6) is 1.76. The Kier molecular flexibility index (Phi) is 8.25. The summed E-state index contributed by atoms with van der Waals surface area (Å²) >= 11 is 1.78. The zero-order chi connectivity index (χ0) is 17.9. The van der Waals surface area contributed by atoms with Gasteiger partial charge in [0.05, 0.1) is 12.1 Å². The summed E-state index contributed by atoms with van der Waals surface area (Å²) in [5, 5.41) is 7.84.